The third-order valence-electron chi connectivity index (χ3n) is 3.20. The third-order valence-corrected chi connectivity index (χ3v) is 3.20. The van der Waals surface area contributed by atoms with Gasteiger partial charge in [0.2, 0.25) is 5.89 Å². The highest BCUT2D eigenvalue weighted by Gasteiger charge is 2.24. The fraction of sp³-hybridized carbons (Fsp3) is 0.846. The number of aromatic nitrogens is 2. The van der Waals surface area contributed by atoms with Crippen molar-refractivity contribution in [1.29, 1.82) is 0 Å². The maximum Gasteiger partial charge on any atom is 0.229 e. The summed E-state index contributed by atoms with van der Waals surface area (Å²) in [6.45, 7) is 8.58. The third kappa shape index (κ3) is 5.01. The summed E-state index contributed by atoms with van der Waals surface area (Å²) in [5, 5.41) is 7.43. The lowest BCUT2D eigenvalue weighted by Crippen LogP contribution is -2.44. The standard InChI is InChI=1S/C13H24N4O2.ClH/c1-10(2)9-18-7-4-12-15-13(16-19-12)11-8-14-5-6-17(11)3;/h10-11,14H,4-9H2,1-3H3;1H. The molecule has 0 radical (unpaired) electrons. The second kappa shape index (κ2) is 8.56. The highest BCUT2D eigenvalue weighted by atomic mass is 35.5. The van der Waals surface area contributed by atoms with Crippen molar-refractivity contribution in [2.75, 3.05) is 39.9 Å². The predicted octanol–water partition coefficient (Wildman–Crippen LogP) is 1.28. The highest BCUT2D eigenvalue weighted by Crippen LogP contribution is 2.17. The van der Waals surface area contributed by atoms with Crippen LogP contribution in [0, 0.1) is 5.92 Å². The Morgan fingerprint density at radius 3 is 3.00 bits per heavy atom. The van der Waals surface area contributed by atoms with Gasteiger partial charge in [-0.3, -0.25) is 4.90 Å². The van der Waals surface area contributed by atoms with Gasteiger partial charge in [-0.05, 0) is 13.0 Å². The smallest absolute Gasteiger partial charge is 0.229 e. The molecule has 116 valence electrons. The van der Waals surface area contributed by atoms with Gasteiger partial charge < -0.3 is 14.6 Å². The Labute approximate surface area is 126 Å². The molecule has 2 rings (SSSR count). The zero-order valence-corrected chi connectivity index (χ0v) is 13.3. The molecule has 1 aromatic rings. The molecule has 0 saturated carbocycles. The van der Waals surface area contributed by atoms with Crippen LogP contribution < -0.4 is 5.32 Å². The van der Waals surface area contributed by atoms with Gasteiger partial charge in [-0.1, -0.05) is 19.0 Å². The Morgan fingerprint density at radius 2 is 2.30 bits per heavy atom. The van der Waals surface area contributed by atoms with Gasteiger partial charge in [0.05, 0.1) is 19.1 Å². The summed E-state index contributed by atoms with van der Waals surface area (Å²) in [5.74, 6) is 1.99. The van der Waals surface area contributed by atoms with Crippen LogP contribution in [0.4, 0.5) is 0 Å². The molecule has 0 aromatic carbocycles. The number of hydrogen-bond donors (Lipinski definition) is 1. The van der Waals surface area contributed by atoms with Crippen LogP contribution >= 0.6 is 12.4 Å². The van der Waals surface area contributed by atoms with E-state index in [0.29, 0.717) is 24.8 Å². The molecule has 1 unspecified atom stereocenters. The fourth-order valence-electron chi connectivity index (χ4n) is 2.08. The molecule has 1 atom stereocenters. The van der Waals surface area contributed by atoms with Crippen LogP contribution in [0.3, 0.4) is 0 Å². The molecule has 1 aliphatic heterocycles. The average Bonchev–Trinajstić information content (AvgIpc) is 2.83. The summed E-state index contributed by atoms with van der Waals surface area (Å²) >= 11 is 0. The van der Waals surface area contributed by atoms with Gasteiger partial charge in [0.15, 0.2) is 5.82 Å². The van der Waals surface area contributed by atoms with Gasteiger partial charge in [-0.15, -0.1) is 12.4 Å². The Kier molecular flexibility index (Phi) is 7.43. The Hall–Kier alpha value is -0.690. The summed E-state index contributed by atoms with van der Waals surface area (Å²) in [4.78, 5) is 6.71. The second-order valence-electron chi connectivity index (χ2n) is 5.47. The van der Waals surface area contributed by atoms with E-state index in [-0.39, 0.29) is 18.4 Å². The second-order valence-corrected chi connectivity index (χ2v) is 5.47. The number of hydrogen-bond acceptors (Lipinski definition) is 6. The van der Waals surface area contributed by atoms with Crippen LogP contribution in [0.2, 0.25) is 0 Å². The summed E-state index contributed by atoms with van der Waals surface area (Å²) in [6, 6.07) is 0.211. The number of piperazine rings is 1. The van der Waals surface area contributed by atoms with E-state index in [4.69, 9.17) is 9.26 Å². The summed E-state index contributed by atoms with van der Waals surface area (Å²) in [6.07, 6.45) is 0.684. The molecule has 0 amide bonds. The number of likely N-dealkylation sites (N-methyl/N-ethyl adjacent to an activating group) is 1. The number of halogens is 1. The molecule has 2 heterocycles. The quantitative estimate of drug-likeness (QED) is 0.799. The predicted molar refractivity (Wildman–Crippen MR) is 79.1 cm³/mol. The van der Waals surface area contributed by atoms with Crippen molar-refractivity contribution < 1.29 is 9.26 Å². The molecule has 7 heteroatoms. The minimum Gasteiger partial charge on any atom is -0.381 e. The summed E-state index contributed by atoms with van der Waals surface area (Å²) in [7, 11) is 2.09. The van der Waals surface area contributed by atoms with Crippen LogP contribution in [0.15, 0.2) is 4.52 Å². The van der Waals surface area contributed by atoms with Crippen molar-refractivity contribution in [2.24, 2.45) is 5.92 Å². The molecule has 0 bridgehead atoms. The Bertz CT molecular complexity index is 386. The van der Waals surface area contributed by atoms with E-state index in [9.17, 15) is 0 Å². The van der Waals surface area contributed by atoms with Crippen LogP contribution in [0.25, 0.3) is 0 Å². The number of nitrogens with one attached hydrogen (secondary N) is 1. The van der Waals surface area contributed by atoms with Crippen molar-refractivity contribution in [3.05, 3.63) is 11.7 Å². The van der Waals surface area contributed by atoms with Gasteiger partial charge in [0.25, 0.3) is 0 Å². The van der Waals surface area contributed by atoms with Crippen molar-refractivity contribution in [3.63, 3.8) is 0 Å². The van der Waals surface area contributed by atoms with E-state index in [0.717, 1.165) is 32.1 Å². The van der Waals surface area contributed by atoms with E-state index in [1.54, 1.807) is 0 Å². The van der Waals surface area contributed by atoms with Crippen molar-refractivity contribution in [3.8, 4) is 0 Å². The number of ether oxygens (including phenoxy) is 1. The molecule has 20 heavy (non-hydrogen) atoms. The average molecular weight is 305 g/mol. The van der Waals surface area contributed by atoms with E-state index < -0.39 is 0 Å². The molecule has 1 saturated heterocycles. The first kappa shape index (κ1) is 17.4. The zero-order chi connectivity index (χ0) is 13.7. The highest BCUT2D eigenvalue weighted by molar-refractivity contribution is 5.85. The number of rotatable bonds is 6. The van der Waals surface area contributed by atoms with Crippen LogP contribution in [-0.2, 0) is 11.2 Å². The first-order chi connectivity index (χ1) is 9.16. The fourth-order valence-corrected chi connectivity index (χ4v) is 2.08. The Balaban J connectivity index is 0.00000200. The van der Waals surface area contributed by atoms with E-state index in [1.165, 1.54) is 0 Å². The lowest BCUT2D eigenvalue weighted by Gasteiger charge is -2.30. The Morgan fingerprint density at radius 1 is 1.50 bits per heavy atom. The van der Waals surface area contributed by atoms with Crippen LogP contribution in [0.1, 0.15) is 31.6 Å². The minimum absolute atomic E-state index is 0. The molecule has 1 aromatic heterocycles. The van der Waals surface area contributed by atoms with Crippen molar-refractivity contribution >= 4 is 12.4 Å². The molecule has 1 N–H and O–H groups in total. The largest absolute Gasteiger partial charge is 0.381 e. The minimum atomic E-state index is 0. The maximum absolute atomic E-state index is 5.52. The molecule has 1 fully saturated rings. The summed E-state index contributed by atoms with van der Waals surface area (Å²) < 4.78 is 10.8. The molecule has 0 aliphatic carbocycles. The zero-order valence-electron chi connectivity index (χ0n) is 12.5. The first-order valence-corrected chi connectivity index (χ1v) is 6.98. The lowest BCUT2D eigenvalue weighted by atomic mass is 10.2. The molecule has 1 aliphatic rings. The monoisotopic (exact) mass is 304 g/mol. The normalized spacial score (nSPS) is 20.1. The van der Waals surface area contributed by atoms with E-state index in [2.05, 4.69) is 41.3 Å². The molecule has 6 nitrogen and oxygen atoms in total. The van der Waals surface area contributed by atoms with Crippen LogP contribution in [-0.4, -0.2) is 54.9 Å². The van der Waals surface area contributed by atoms with Crippen molar-refractivity contribution in [2.45, 2.75) is 26.3 Å². The lowest BCUT2D eigenvalue weighted by molar-refractivity contribution is 0.108. The van der Waals surface area contributed by atoms with E-state index >= 15 is 0 Å². The van der Waals surface area contributed by atoms with Gasteiger partial charge in [0.1, 0.15) is 0 Å². The molecular weight excluding hydrogens is 280 g/mol. The van der Waals surface area contributed by atoms with Gasteiger partial charge in [-0.2, -0.15) is 4.98 Å². The number of nitrogens with zero attached hydrogens (tertiary/aromatic N) is 3. The van der Waals surface area contributed by atoms with Gasteiger partial charge in [-0.25, -0.2) is 0 Å². The molecule has 0 spiro atoms. The van der Waals surface area contributed by atoms with Gasteiger partial charge >= 0.3 is 0 Å². The van der Waals surface area contributed by atoms with Gasteiger partial charge in [0, 0.05) is 26.2 Å². The van der Waals surface area contributed by atoms with Crippen LogP contribution in [0.5, 0.6) is 0 Å². The topological polar surface area (TPSA) is 63.4 Å². The molecular formula is C13H25ClN4O2. The maximum atomic E-state index is 5.52. The summed E-state index contributed by atoms with van der Waals surface area (Å²) in [5.41, 5.74) is 0. The first-order valence-electron chi connectivity index (χ1n) is 6.98. The SMILES string of the molecule is CC(C)COCCc1nc(C2CNCCN2C)no1.Cl. The van der Waals surface area contributed by atoms with E-state index in [1.807, 2.05) is 0 Å². The van der Waals surface area contributed by atoms with Crippen molar-refractivity contribution in [1.82, 2.24) is 20.4 Å².